The summed E-state index contributed by atoms with van der Waals surface area (Å²) in [5.41, 5.74) is 4.46. The quantitative estimate of drug-likeness (QED) is 0.464. The molecular formula is C15H12Br2Cl2. The van der Waals surface area contributed by atoms with Crippen molar-refractivity contribution in [2.45, 2.75) is 18.7 Å². The maximum absolute atomic E-state index is 6.35. The Balaban J connectivity index is 2.49. The molecular weight excluding hydrogens is 411 g/mol. The number of halogens is 4. The standard InChI is InChI=1S/C15H12Br2Cl2/c1-8-5-12(13(18)6-9(8)2)15(17)11-4-3-10(16)7-14(11)19/h3-7,15H,1-2H3. The first-order chi connectivity index (χ1) is 8.90. The number of rotatable bonds is 2. The van der Waals surface area contributed by atoms with E-state index in [0.717, 1.165) is 20.6 Å². The van der Waals surface area contributed by atoms with E-state index in [1.54, 1.807) is 0 Å². The Morgan fingerprint density at radius 2 is 1.47 bits per heavy atom. The van der Waals surface area contributed by atoms with E-state index in [2.05, 4.69) is 51.8 Å². The Bertz CT molecular complexity index is 624. The van der Waals surface area contributed by atoms with Crippen molar-refractivity contribution in [3.05, 3.63) is 67.1 Å². The van der Waals surface area contributed by atoms with E-state index >= 15 is 0 Å². The molecule has 0 fully saturated rings. The number of benzene rings is 2. The van der Waals surface area contributed by atoms with Crippen LogP contribution < -0.4 is 0 Å². The first kappa shape index (κ1) is 15.4. The minimum Gasteiger partial charge on any atom is -0.0840 e. The summed E-state index contributed by atoms with van der Waals surface area (Å²) in [5, 5.41) is 1.47. The van der Waals surface area contributed by atoms with Crippen molar-refractivity contribution >= 4 is 55.1 Å². The zero-order valence-electron chi connectivity index (χ0n) is 10.5. The molecule has 1 atom stereocenters. The Labute approximate surface area is 140 Å². The van der Waals surface area contributed by atoms with Crippen LogP contribution in [0, 0.1) is 13.8 Å². The van der Waals surface area contributed by atoms with Crippen LogP contribution in [0.15, 0.2) is 34.8 Å². The fourth-order valence-corrected chi connectivity index (χ4v) is 4.02. The van der Waals surface area contributed by atoms with Gasteiger partial charge in [0.2, 0.25) is 0 Å². The van der Waals surface area contributed by atoms with Crippen LogP contribution in [0.4, 0.5) is 0 Å². The Hall–Kier alpha value is -0.0200. The minimum atomic E-state index is -0.0140. The number of alkyl halides is 1. The zero-order chi connectivity index (χ0) is 14.2. The second kappa shape index (κ2) is 6.17. The molecule has 2 aromatic carbocycles. The number of aryl methyl sites for hydroxylation is 2. The first-order valence-corrected chi connectivity index (χ1v) is 8.22. The van der Waals surface area contributed by atoms with Crippen molar-refractivity contribution < 1.29 is 0 Å². The second-order valence-electron chi connectivity index (χ2n) is 4.49. The number of hydrogen-bond acceptors (Lipinski definition) is 0. The van der Waals surface area contributed by atoms with E-state index in [1.807, 2.05) is 24.3 Å². The largest absolute Gasteiger partial charge is 0.0840 e. The van der Waals surface area contributed by atoms with Gasteiger partial charge in [-0.2, -0.15) is 0 Å². The molecule has 19 heavy (non-hydrogen) atoms. The lowest BCUT2D eigenvalue weighted by Crippen LogP contribution is -1.97. The van der Waals surface area contributed by atoms with Crippen LogP contribution in [0.3, 0.4) is 0 Å². The fourth-order valence-electron chi connectivity index (χ4n) is 1.87. The summed E-state index contributed by atoms with van der Waals surface area (Å²) >= 11 is 19.7. The lowest BCUT2D eigenvalue weighted by atomic mass is 10.00. The summed E-state index contributed by atoms with van der Waals surface area (Å²) in [6, 6.07) is 9.96. The van der Waals surface area contributed by atoms with Crippen LogP contribution in [0.5, 0.6) is 0 Å². The van der Waals surface area contributed by atoms with E-state index in [9.17, 15) is 0 Å². The SMILES string of the molecule is Cc1cc(Cl)c(C(Br)c2ccc(Br)cc2Cl)cc1C. The van der Waals surface area contributed by atoms with Crippen LogP contribution in [-0.2, 0) is 0 Å². The van der Waals surface area contributed by atoms with E-state index in [1.165, 1.54) is 11.1 Å². The van der Waals surface area contributed by atoms with E-state index in [-0.39, 0.29) is 4.83 Å². The predicted octanol–water partition coefficient (Wildman–Crippen LogP) is 6.86. The molecule has 0 aliphatic rings. The maximum Gasteiger partial charge on any atom is 0.0673 e. The Morgan fingerprint density at radius 3 is 2.11 bits per heavy atom. The van der Waals surface area contributed by atoms with E-state index in [4.69, 9.17) is 23.2 Å². The van der Waals surface area contributed by atoms with E-state index < -0.39 is 0 Å². The van der Waals surface area contributed by atoms with E-state index in [0.29, 0.717) is 5.02 Å². The summed E-state index contributed by atoms with van der Waals surface area (Å²) < 4.78 is 0.965. The molecule has 0 saturated heterocycles. The van der Waals surface area contributed by atoms with Gasteiger partial charge in [0.05, 0.1) is 4.83 Å². The predicted molar refractivity (Wildman–Crippen MR) is 90.8 cm³/mol. The van der Waals surface area contributed by atoms with Crippen LogP contribution in [0.25, 0.3) is 0 Å². The van der Waals surface area contributed by atoms with Gasteiger partial charge < -0.3 is 0 Å². The Morgan fingerprint density at radius 1 is 0.895 bits per heavy atom. The van der Waals surface area contributed by atoms with Crippen molar-refractivity contribution in [3.63, 3.8) is 0 Å². The molecule has 100 valence electrons. The molecule has 0 aromatic heterocycles. The average molecular weight is 423 g/mol. The highest BCUT2D eigenvalue weighted by molar-refractivity contribution is 9.10. The molecule has 4 heteroatoms. The van der Waals surface area contributed by atoms with Crippen LogP contribution in [0.2, 0.25) is 10.0 Å². The average Bonchev–Trinajstić information content (AvgIpc) is 2.33. The van der Waals surface area contributed by atoms with Crippen LogP contribution in [0.1, 0.15) is 27.1 Å². The molecule has 2 rings (SSSR count). The van der Waals surface area contributed by atoms with Gasteiger partial charge in [-0.3, -0.25) is 0 Å². The molecule has 2 aromatic rings. The summed E-state index contributed by atoms with van der Waals surface area (Å²) in [6.07, 6.45) is 0. The van der Waals surface area contributed by atoms with Crippen molar-refractivity contribution in [2.75, 3.05) is 0 Å². The zero-order valence-corrected chi connectivity index (χ0v) is 15.2. The lowest BCUT2D eigenvalue weighted by molar-refractivity contribution is 1.15. The minimum absolute atomic E-state index is 0.0140. The molecule has 0 aliphatic carbocycles. The summed E-state index contributed by atoms with van der Waals surface area (Å²) in [7, 11) is 0. The summed E-state index contributed by atoms with van der Waals surface area (Å²) in [6.45, 7) is 4.14. The van der Waals surface area contributed by atoms with Crippen molar-refractivity contribution in [2.24, 2.45) is 0 Å². The van der Waals surface area contributed by atoms with Gasteiger partial charge in [0, 0.05) is 14.5 Å². The monoisotopic (exact) mass is 420 g/mol. The normalized spacial score (nSPS) is 12.5. The molecule has 0 nitrogen and oxygen atoms in total. The smallest absolute Gasteiger partial charge is 0.0673 e. The second-order valence-corrected chi connectivity index (χ2v) is 7.13. The highest BCUT2D eigenvalue weighted by Crippen LogP contribution is 2.40. The molecule has 0 N–H and O–H groups in total. The molecule has 0 bridgehead atoms. The molecule has 0 heterocycles. The van der Waals surface area contributed by atoms with Crippen molar-refractivity contribution in [1.29, 1.82) is 0 Å². The van der Waals surface area contributed by atoms with Gasteiger partial charge in [-0.1, -0.05) is 67.2 Å². The van der Waals surface area contributed by atoms with Gasteiger partial charge >= 0.3 is 0 Å². The van der Waals surface area contributed by atoms with Gasteiger partial charge in [0.25, 0.3) is 0 Å². The van der Waals surface area contributed by atoms with Crippen LogP contribution in [-0.4, -0.2) is 0 Å². The fraction of sp³-hybridized carbons (Fsp3) is 0.200. The van der Waals surface area contributed by atoms with Crippen molar-refractivity contribution in [1.82, 2.24) is 0 Å². The molecule has 0 saturated carbocycles. The van der Waals surface area contributed by atoms with Crippen LogP contribution >= 0.6 is 55.1 Å². The molecule has 0 spiro atoms. The van der Waals surface area contributed by atoms with Crippen molar-refractivity contribution in [3.8, 4) is 0 Å². The number of hydrogen-bond donors (Lipinski definition) is 0. The van der Waals surface area contributed by atoms with Gasteiger partial charge in [0.15, 0.2) is 0 Å². The molecule has 0 amide bonds. The van der Waals surface area contributed by atoms with Gasteiger partial charge in [-0.05, 0) is 54.3 Å². The summed E-state index contributed by atoms with van der Waals surface area (Å²) in [5.74, 6) is 0. The van der Waals surface area contributed by atoms with Gasteiger partial charge in [0.1, 0.15) is 0 Å². The topological polar surface area (TPSA) is 0 Å². The maximum atomic E-state index is 6.35. The molecule has 0 aliphatic heterocycles. The molecule has 1 unspecified atom stereocenters. The highest BCUT2D eigenvalue weighted by Gasteiger charge is 2.17. The Kier molecular flexibility index (Phi) is 4.99. The third-order valence-electron chi connectivity index (χ3n) is 3.12. The highest BCUT2D eigenvalue weighted by atomic mass is 79.9. The first-order valence-electron chi connectivity index (χ1n) is 5.76. The molecule has 0 radical (unpaired) electrons. The third-order valence-corrected chi connectivity index (χ3v) is 5.26. The van der Waals surface area contributed by atoms with Gasteiger partial charge in [-0.25, -0.2) is 0 Å². The summed E-state index contributed by atoms with van der Waals surface area (Å²) in [4.78, 5) is -0.0140. The van der Waals surface area contributed by atoms with Gasteiger partial charge in [-0.15, -0.1) is 0 Å². The third kappa shape index (κ3) is 3.36. The lowest BCUT2D eigenvalue weighted by Gasteiger charge is -2.16.